The lowest BCUT2D eigenvalue weighted by Gasteiger charge is -2.02. The van der Waals surface area contributed by atoms with Gasteiger partial charge in [0.15, 0.2) is 0 Å². The van der Waals surface area contributed by atoms with Gasteiger partial charge in [-0.15, -0.1) is 5.11 Å². The molecule has 0 aliphatic heterocycles. The zero-order valence-electron chi connectivity index (χ0n) is 5.22. The van der Waals surface area contributed by atoms with E-state index in [0.29, 0.717) is 6.54 Å². The molecule has 4 heteroatoms. The molecule has 0 bridgehead atoms. The van der Waals surface area contributed by atoms with E-state index in [-0.39, 0.29) is 5.17 Å². The first-order valence-electron chi connectivity index (χ1n) is 2.65. The van der Waals surface area contributed by atoms with Crippen molar-refractivity contribution in [3.8, 4) is 0 Å². The molecule has 0 aromatic heterocycles. The van der Waals surface area contributed by atoms with Crippen molar-refractivity contribution in [1.82, 2.24) is 0 Å². The van der Waals surface area contributed by atoms with Crippen LogP contribution in [0.3, 0.4) is 0 Å². The molecular formula is C4H11N3O. The van der Waals surface area contributed by atoms with Gasteiger partial charge in [0, 0.05) is 5.22 Å². The van der Waals surface area contributed by atoms with Crippen LogP contribution in [0.4, 0.5) is 0 Å². The zero-order valence-corrected chi connectivity index (χ0v) is 5.22. The quantitative estimate of drug-likeness (QED) is 0.403. The molecule has 1 atom stereocenters. The van der Waals surface area contributed by atoms with Gasteiger partial charge in [-0.3, -0.25) is 0 Å². The second-order valence-electron chi connectivity index (χ2n) is 1.48. The van der Waals surface area contributed by atoms with E-state index < -0.39 is 0 Å². The van der Waals surface area contributed by atoms with Crippen LogP contribution in [0.1, 0.15) is 13.3 Å². The summed E-state index contributed by atoms with van der Waals surface area (Å²) in [6, 6.07) is 0. The summed E-state index contributed by atoms with van der Waals surface area (Å²) >= 11 is 0. The van der Waals surface area contributed by atoms with Crippen molar-refractivity contribution in [2.45, 2.75) is 13.3 Å². The van der Waals surface area contributed by atoms with Crippen LogP contribution in [-0.2, 0) is 0 Å². The zero-order chi connectivity index (χ0) is 6.41. The molecule has 1 unspecified atom stereocenters. The summed E-state index contributed by atoms with van der Waals surface area (Å²) in [7, 11) is 1.39. The Balaban J connectivity index is 3.07. The molecule has 1 N–H and O–H groups in total. The molecule has 8 heavy (non-hydrogen) atoms. The third-order valence-electron chi connectivity index (χ3n) is 0.535. The summed E-state index contributed by atoms with van der Waals surface area (Å²) in [5, 5.41) is 16.7. The number of nitrogens with zero attached hydrogens (tertiary/aromatic N) is 2. The monoisotopic (exact) mass is 117 g/mol. The number of quaternary nitrogens is 1. The van der Waals surface area contributed by atoms with E-state index in [9.17, 15) is 5.21 Å². The molecule has 0 aliphatic carbocycles. The predicted octanol–water partition coefficient (Wildman–Crippen LogP) is -0.224. The van der Waals surface area contributed by atoms with Gasteiger partial charge in [0.1, 0.15) is 0 Å². The number of hydrogen-bond acceptors (Lipinski definition) is 3. The first-order chi connectivity index (χ1) is 3.77. The van der Waals surface area contributed by atoms with E-state index in [1.165, 1.54) is 7.05 Å². The maximum Gasteiger partial charge on any atom is 0.0921 e. The topological polar surface area (TPSA) is 52.2 Å². The lowest BCUT2D eigenvalue weighted by atomic mass is 10.5. The highest BCUT2D eigenvalue weighted by Gasteiger charge is 1.75. The molecule has 0 saturated heterocycles. The summed E-state index contributed by atoms with van der Waals surface area (Å²) < 4.78 is 0. The molecule has 0 radical (unpaired) electrons. The molecule has 0 aliphatic rings. The van der Waals surface area contributed by atoms with Crippen molar-refractivity contribution >= 4 is 0 Å². The Morgan fingerprint density at radius 3 is 2.62 bits per heavy atom. The minimum atomic E-state index is -0.224. The van der Waals surface area contributed by atoms with Crippen molar-refractivity contribution in [3.05, 3.63) is 5.21 Å². The molecule has 48 valence electrons. The molecule has 4 nitrogen and oxygen atoms in total. The van der Waals surface area contributed by atoms with Gasteiger partial charge in [0.2, 0.25) is 0 Å². The van der Waals surface area contributed by atoms with Crippen molar-refractivity contribution in [1.29, 1.82) is 0 Å². The number of rotatable bonds is 3. The number of hydrogen-bond donors (Lipinski definition) is 1. The van der Waals surface area contributed by atoms with Crippen molar-refractivity contribution < 1.29 is 5.17 Å². The summed E-state index contributed by atoms with van der Waals surface area (Å²) in [5.74, 6) is 0. The maximum atomic E-state index is 10.1. The average Bonchev–Trinajstić information content (AvgIpc) is 1.66. The van der Waals surface area contributed by atoms with Gasteiger partial charge in [-0.1, -0.05) is 6.92 Å². The van der Waals surface area contributed by atoms with Crippen LogP contribution >= 0.6 is 0 Å². The third kappa shape index (κ3) is 5.52. The van der Waals surface area contributed by atoms with Gasteiger partial charge in [-0.25, -0.2) is 5.17 Å². The van der Waals surface area contributed by atoms with Crippen LogP contribution in [0.5, 0.6) is 0 Å². The molecule has 0 rings (SSSR count). The molecular weight excluding hydrogens is 106 g/mol. The minimum absolute atomic E-state index is 0.224. The van der Waals surface area contributed by atoms with E-state index in [1.54, 1.807) is 0 Å². The summed E-state index contributed by atoms with van der Waals surface area (Å²) in [4.78, 5) is 0. The smallest absolute Gasteiger partial charge is 0.0921 e. The second kappa shape index (κ2) is 4.67. The van der Waals surface area contributed by atoms with Gasteiger partial charge in [0.25, 0.3) is 0 Å². The van der Waals surface area contributed by atoms with Crippen LogP contribution in [0.15, 0.2) is 10.3 Å². The van der Waals surface area contributed by atoms with Gasteiger partial charge in [-0.05, 0) is 6.42 Å². The number of nitrogens with one attached hydrogen (secondary N) is 1. The lowest BCUT2D eigenvalue weighted by molar-refractivity contribution is -0.839. The first-order valence-corrected chi connectivity index (χ1v) is 2.65. The maximum absolute atomic E-state index is 10.1. The Kier molecular flexibility index (Phi) is 4.39. The van der Waals surface area contributed by atoms with Gasteiger partial charge >= 0.3 is 0 Å². The van der Waals surface area contributed by atoms with Crippen molar-refractivity contribution in [3.63, 3.8) is 0 Å². The van der Waals surface area contributed by atoms with Crippen molar-refractivity contribution in [2.24, 2.45) is 10.3 Å². The average molecular weight is 117 g/mol. The Morgan fingerprint density at radius 2 is 2.25 bits per heavy atom. The first kappa shape index (κ1) is 7.52. The van der Waals surface area contributed by atoms with Gasteiger partial charge < -0.3 is 5.21 Å². The normalized spacial score (nSPS) is 14.9. The van der Waals surface area contributed by atoms with Crippen LogP contribution < -0.4 is 5.17 Å². The summed E-state index contributed by atoms with van der Waals surface area (Å²) in [6.07, 6.45) is 0.941. The standard InChI is InChI=1S/C4H11N3O/c1-3-4-5-6-7(2)8/h7H,3-4H2,1-2H3. The minimum Gasteiger partial charge on any atom is -0.605 e. The lowest BCUT2D eigenvalue weighted by Crippen LogP contribution is -2.98. The highest BCUT2D eigenvalue weighted by atomic mass is 16.5. The number of hydroxylamine groups is 1. The molecule has 0 fully saturated rings. The Morgan fingerprint density at radius 1 is 1.62 bits per heavy atom. The largest absolute Gasteiger partial charge is 0.605 e. The Labute approximate surface area is 48.8 Å². The predicted molar refractivity (Wildman–Crippen MR) is 30.3 cm³/mol. The third-order valence-corrected chi connectivity index (χ3v) is 0.535. The van der Waals surface area contributed by atoms with E-state index in [1.807, 2.05) is 6.92 Å². The van der Waals surface area contributed by atoms with Crippen LogP contribution in [0.2, 0.25) is 0 Å². The van der Waals surface area contributed by atoms with Gasteiger partial charge in [-0.2, -0.15) is 0 Å². The SMILES string of the molecule is CCCN=N[NH+](C)[O-]. The van der Waals surface area contributed by atoms with E-state index >= 15 is 0 Å². The highest BCUT2D eigenvalue weighted by Crippen LogP contribution is 1.74. The molecule has 0 saturated carbocycles. The second-order valence-corrected chi connectivity index (χ2v) is 1.48. The molecule has 0 heterocycles. The highest BCUT2D eigenvalue weighted by molar-refractivity contribution is 4.27. The fourth-order valence-corrected chi connectivity index (χ4v) is 0.250. The molecule has 0 aromatic rings. The summed E-state index contributed by atoms with van der Waals surface area (Å²) in [6.45, 7) is 2.64. The molecule has 0 spiro atoms. The van der Waals surface area contributed by atoms with Gasteiger partial charge in [0.05, 0.1) is 13.6 Å². The summed E-state index contributed by atoms with van der Waals surface area (Å²) in [5.41, 5.74) is 0. The van der Waals surface area contributed by atoms with Crippen molar-refractivity contribution in [2.75, 3.05) is 13.6 Å². The van der Waals surface area contributed by atoms with Crippen LogP contribution in [0.25, 0.3) is 0 Å². The fraction of sp³-hybridized carbons (Fsp3) is 1.00. The van der Waals surface area contributed by atoms with Crippen LogP contribution in [-0.4, -0.2) is 13.6 Å². The van der Waals surface area contributed by atoms with E-state index in [4.69, 9.17) is 0 Å². The van der Waals surface area contributed by atoms with E-state index in [0.717, 1.165) is 6.42 Å². The van der Waals surface area contributed by atoms with E-state index in [2.05, 4.69) is 10.3 Å². The van der Waals surface area contributed by atoms with Crippen LogP contribution in [0, 0.1) is 5.21 Å². The fourth-order valence-electron chi connectivity index (χ4n) is 0.250. The Hall–Kier alpha value is -0.480. The molecule has 0 amide bonds. The Bertz CT molecular complexity index is 71.7. The molecule has 0 aromatic carbocycles.